The molecule has 0 aliphatic rings. The number of rotatable bonds is 3. The number of halogens is 3. The number of benzene rings is 2. The molecule has 4 heteroatoms. The van der Waals surface area contributed by atoms with Crippen LogP contribution in [0.1, 0.15) is 21.5 Å². The molecule has 0 aliphatic heterocycles. The van der Waals surface area contributed by atoms with Gasteiger partial charge >= 0.3 is 0 Å². The molecule has 1 unspecified atom stereocenters. The van der Waals surface area contributed by atoms with Crippen molar-refractivity contribution >= 4 is 39.1 Å². The van der Waals surface area contributed by atoms with Crippen LogP contribution in [0.3, 0.4) is 0 Å². The Kier molecular flexibility index (Phi) is 4.77. The van der Waals surface area contributed by atoms with Crippen molar-refractivity contribution in [3.63, 3.8) is 0 Å². The first-order chi connectivity index (χ1) is 9.02. The van der Waals surface area contributed by atoms with Crippen LogP contribution in [0.15, 0.2) is 36.4 Å². The van der Waals surface area contributed by atoms with Crippen molar-refractivity contribution in [1.82, 2.24) is 0 Å². The molecule has 0 saturated carbocycles. The van der Waals surface area contributed by atoms with Crippen molar-refractivity contribution in [2.45, 2.75) is 11.8 Å². The molecule has 0 aromatic heterocycles. The van der Waals surface area contributed by atoms with Crippen molar-refractivity contribution in [3.05, 3.63) is 63.1 Å². The lowest BCUT2D eigenvalue weighted by Gasteiger charge is -2.15. The molecule has 0 amide bonds. The summed E-state index contributed by atoms with van der Waals surface area (Å²) in [6, 6.07) is 11.7. The normalized spacial score (nSPS) is 12.3. The molecule has 0 N–H and O–H groups in total. The van der Waals surface area contributed by atoms with E-state index in [9.17, 15) is 0 Å². The fraction of sp³-hybridized carbons (Fsp3) is 0.200. The van der Waals surface area contributed by atoms with Crippen molar-refractivity contribution in [2.24, 2.45) is 0 Å². The second-order valence-corrected chi connectivity index (χ2v) is 5.99. The number of hydrogen-bond acceptors (Lipinski definition) is 1. The van der Waals surface area contributed by atoms with E-state index in [1.165, 1.54) is 5.56 Å². The van der Waals surface area contributed by atoms with Gasteiger partial charge in [0.2, 0.25) is 0 Å². The van der Waals surface area contributed by atoms with Crippen LogP contribution in [0.4, 0.5) is 0 Å². The minimum Gasteiger partial charge on any atom is -0.497 e. The highest BCUT2D eigenvalue weighted by Crippen LogP contribution is 2.36. The van der Waals surface area contributed by atoms with Gasteiger partial charge in [0.15, 0.2) is 0 Å². The molecule has 19 heavy (non-hydrogen) atoms. The molecule has 0 spiro atoms. The third-order valence-electron chi connectivity index (χ3n) is 2.99. The van der Waals surface area contributed by atoms with Crippen LogP contribution >= 0.6 is 39.1 Å². The lowest BCUT2D eigenvalue weighted by molar-refractivity contribution is 0.414. The Balaban J connectivity index is 2.38. The molecule has 100 valence electrons. The summed E-state index contributed by atoms with van der Waals surface area (Å²) in [6.07, 6.45) is 0. The molecule has 1 nitrogen and oxygen atoms in total. The molecular weight excluding hydrogens is 347 g/mol. The molecule has 2 aromatic rings. The van der Waals surface area contributed by atoms with Gasteiger partial charge in [-0.25, -0.2) is 0 Å². The van der Waals surface area contributed by atoms with E-state index in [1.54, 1.807) is 7.11 Å². The van der Waals surface area contributed by atoms with Gasteiger partial charge in [0.05, 0.1) is 22.0 Å². The summed E-state index contributed by atoms with van der Waals surface area (Å²) >= 11 is 15.7. The summed E-state index contributed by atoms with van der Waals surface area (Å²) in [4.78, 5) is 0.0770. The van der Waals surface area contributed by atoms with E-state index in [0.717, 1.165) is 16.9 Å². The molecule has 0 bridgehead atoms. The van der Waals surface area contributed by atoms with E-state index in [0.29, 0.717) is 10.0 Å². The van der Waals surface area contributed by atoms with Gasteiger partial charge in [-0.1, -0.05) is 51.3 Å². The van der Waals surface area contributed by atoms with Crippen LogP contribution in [0.25, 0.3) is 0 Å². The van der Waals surface area contributed by atoms with Crippen LogP contribution in [0.2, 0.25) is 10.0 Å². The molecule has 0 saturated heterocycles. The van der Waals surface area contributed by atoms with Crippen LogP contribution in [-0.4, -0.2) is 7.11 Å². The minimum absolute atomic E-state index is 0.0770. The van der Waals surface area contributed by atoms with Gasteiger partial charge in [-0.2, -0.15) is 0 Å². The third kappa shape index (κ3) is 3.25. The zero-order chi connectivity index (χ0) is 14.0. The smallest absolute Gasteiger partial charge is 0.119 e. The molecule has 2 aromatic carbocycles. The number of ether oxygens (including phenoxy) is 1. The quantitative estimate of drug-likeness (QED) is 0.629. The molecule has 0 radical (unpaired) electrons. The first-order valence-electron chi connectivity index (χ1n) is 5.76. The molecular formula is C15H13BrCl2O. The average molecular weight is 360 g/mol. The summed E-state index contributed by atoms with van der Waals surface area (Å²) in [5.74, 6) is 0.857. The highest BCUT2D eigenvalue weighted by Gasteiger charge is 2.14. The summed E-state index contributed by atoms with van der Waals surface area (Å²) in [5, 5.41) is 1.13. The van der Waals surface area contributed by atoms with Crippen LogP contribution in [-0.2, 0) is 0 Å². The first kappa shape index (κ1) is 14.7. The van der Waals surface area contributed by atoms with Crippen LogP contribution in [0.5, 0.6) is 5.75 Å². The first-order valence-corrected chi connectivity index (χ1v) is 7.43. The van der Waals surface area contributed by atoms with Crippen molar-refractivity contribution in [1.29, 1.82) is 0 Å². The van der Waals surface area contributed by atoms with Crippen molar-refractivity contribution in [3.8, 4) is 5.75 Å². The minimum atomic E-state index is 0.0770. The Morgan fingerprint density at radius 2 is 1.79 bits per heavy atom. The largest absolute Gasteiger partial charge is 0.497 e. The molecule has 0 aliphatic carbocycles. The number of methoxy groups -OCH3 is 1. The van der Waals surface area contributed by atoms with Gasteiger partial charge in [-0.05, 0) is 47.9 Å². The molecule has 1 atom stereocenters. The van der Waals surface area contributed by atoms with Crippen molar-refractivity contribution in [2.75, 3.05) is 7.11 Å². The highest BCUT2D eigenvalue weighted by molar-refractivity contribution is 9.09. The summed E-state index contributed by atoms with van der Waals surface area (Å²) in [6.45, 7) is 2.06. The monoisotopic (exact) mass is 358 g/mol. The maximum Gasteiger partial charge on any atom is 0.119 e. The maximum absolute atomic E-state index is 6.06. The number of hydrogen-bond donors (Lipinski definition) is 0. The Morgan fingerprint density at radius 3 is 2.37 bits per heavy atom. The summed E-state index contributed by atoms with van der Waals surface area (Å²) < 4.78 is 5.22. The van der Waals surface area contributed by atoms with Crippen LogP contribution in [0, 0.1) is 6.92 Å². The highest BCUT2D eigenvalue weighted by atomic mass is 79.9. The molecule has 2 rings (SSSR count). The SMILES string of the molecule is COc1ccc(C(Br)c2ccc(Cl)c(Cl)c2)c(C)c1. The van der Waals surface area contributed by atoms with Crippen molar-refractivity contribution < 1.29 is 4.74 Å². The standard InChI is InChI=1S/C15H13BrCl2O/c1-9-7-11(19-2)4-5-12(9)15(16)10-3-6-13(17)14(18)8-10/h3-8,15H,1-2H3. The molecule has 0 heterocycles. The Morgan fingerprint density at radius 1 is 1.05 bits per heavy atom. The van der Waals surface area contributed by atoms with E-state index in [1.807, 2.05) is 30.3 Å². The average Bonchev–Trinajstić information content (AvgIpc) is 2.41. The van der Waals surface area contributed by atoms with E-state index in [4.69, 9.17) is 27.9 Å². The van der Waals surface area contributed by atoms with Gasteiger partial charge in [0.1, 0.15) is 5.75 Å². The lowest BCUT2D eigenvalue weighted by atomic mass is 10.0. The van der Waals surface area contributed by atoms with Gasteiger partial charge < -0.3 is 4.74 Å². The fourth-order valence-corrected chi connectivity index (χ4v) is 3.01. The summed E-state index contributed by atoms with van der Waals surface area (Å²) in [7, 11) is 1.67. The van der Waals surface area contributed by atoms with E-state index >= 15 is 0 Å². The second kappa shape index (κ2) is 6.17. The zero-order valence-corrected chi connectivity index (χ0v) is 13.7. The van der Waals surface area contributed by atoms with E-state index in [2.05, 4.69) is 28.9 Å². The Hall–Kier alpha value is -0.700. The van der Waals surface area contributed by atoms with Crippen LogP contribution < -0.4 is 4.74 Å². The van der Waals surface area contributed by atoms with Gasteiger partial charge in [0.25, 0.3) is 0 Å². The third-order valence-corrected chi connectivity index (χ3v) is 4.75. The number of alkyl halides is 1. The topological polar surface area (TPSA) is 9.23 Å². The van der Waals surface area contributed by atoms with E-state index in [-0.39, 0.29) is 4.83 Å². The fourth-order valence-electron chi connectivity index (χ4n) is 1.91. The van der Waals surface area contributed by atoms with Gasteiger partial charge in [-0.15, -0.1) is 0 Å². The Bertz CT molecular complexity index is 599. The number of aryl methyl sites for hydroxylation is 1. The maximum atomic E-state index is 6.06. The predicted molar refractivity (Wildman–Crippen MR) is 85.0 cm³/mol. The summed E-state index contributed by atoms with van der Waals surface area (Å²) in [5.41, 5.74) is 3.41. The second-order valence-electron chi connectivity index (χ2n) is 4.26. The zero-order valence-electron chi connectivity index (χ0n) is 10.6. The lowest BCUT2D eigenvalue weighted by Crippen LogP contribution is -1.97. The predicted octanol–water partition coefficient (Wildman–Crippen LogP) is 5.79. The van der Waals surface area contributed by atoms with Gasteiger partial charge in [-0.3, -0.25) is 0 Å². The Labute approximate surface area is 131 Å². The van der Waals surface area contributed by atoms with E-state index < -0.39 is 0 Å². The van der Waals surface area contributed by atoms with Gasteiger partial charge in [0, 0.05) is 0 Å². The molecule has 0 fully saturated rings.